The Labute approximate surface area is 385 Å². The third-order valence-electron chi connectivity index (χ3n) is 11.5. The fraction of sp³-hybridized carbons (Fsp3) is 0.868. The first-order chi connectivity index (χ1) is 30.1. The van der Waals surface area contributed by atoms with E-state index < -0.39 is 13.9 Å². The first-order valence-corrected chi connectivity index (χ1v) is 27.7. The van der Waals surface area contributed by atoms with Gasteiger partial charge in [-0.1, -0.05) is 224 Å². The van der Waals surface area contributed by atoms with Crippen LogP contribution in [0.25, 0.3) is 0 Å². The molecular weight excluding hydrogens is 794 g/mol. The number of hydrogen-bond donors (Lipinski definition) is 0. The molecule has 0 bridgehead atoms. The Morgan fingerprint density at radius 2 is 0.935 bits per heavy atom. The standard InChI is InChI=1S/C53H102NO7P/c1-6-8-10-12-14-16-18-20-22-23-24-25-26-27-28-29-30-31-33-35-37-39-41-43-45-48-58-50-52(51-60-62(56,57)59-49-47-54(3,4)5)61-53(55)46-44-42-40-38-36-34-32-21-19-17-15-13-11-9-7-2/h9,11,15,17,21,32,52H,6-8,10,12-14,16,18-20,22-31,33-51H2,1-5H3/b11-9-,17-15-,32-21-. The summed E-state index contributed by atoms with van der Waals surface area (Å²) in [7, 11) is 1.35. The number of carbonyl (C=O) groups excluding carboxylic acids is 1. The minimum Gasteiger partial charge on any atom is -0.756 e. The number of rotatable bonds is 49. The Morgan fingerprint density at radius 1 is 0.516 bits per heavy atom. The fourth-order valence-electron chi connectivity index (χ4n) is 7.45. The fourth-order valence-corrected chi connectivity index (χ4v) is 8.17. The largest absolute Gasteiger partial charge is 0.756 e. The average molecular weight is 896 g/mol. The molecule has 0 amide bonds. The summed E-state index contributed by atoms with van der Waals surface area (Å²) < 4.78 is 34.7. The maximum atomic E-state index is 12.7. The Bertz CT molecular complexity index is 1090. The molecule has 0 aliphatic rings. The third-order valence-corrected chi connectivity index (χ3v) is 12.4. The molecule has 0 aromatic carbocycles. The molecule has 2 atom stereocenters. The first kappa shape index (κ1) is 60.7. The van der Waals surface area contributed by atoms with E-state index in [0.29, 0.717) is 24.1 Å². The number of carbonyl (C=O) groups is 1. The number of phosphoric acid groups is 1. The van der Waals surface area contributed by atoms with Crippen LogP contribution < -0.4 is 4.89 Å². The van der Waals surface area contributed by atoms with E-state index in [1.165, 1.54) is 148 Å². The highest BCUT2D eigenvalue weighted by atomic mass is 31.2. The molecule has 0 radical (unpaired) electrons. The SMILES string of the molecule is CC/C=C\C/C=C\C/C=C\CCCCCCCC(=O)OC(COCCCCCCCCCCCCCCCCCCCCCCCCCCC)COP(=O)([O-])OCC[N+](C)(C)C. The predicted molar refractivity (Wildman–Crippen MR) is 263 cm³/mol. The van der Waals surface area contributed by atoms with Crippen LogP contribution in [0.3, 0.4) is 0 Å². The van der Waals surface area contributed by atoms with E-state index in [2.05, 4.69) is 50.3 Å². The van der Waals surface area contributed by atoms with Gasteiger partial charge in [-0.3, -0.25) is 9.36 Å². The molecule has 0 heterocycles. The summed E-state index contributed by atoms with van der Waals surface area (Å²) in [5, 5.41) is 0. The molecule has 0 aliphatic carbocycles. The Balaban J connectivity index is 4.05. The van der Waals surface area contributed by atoms with Crippen LogP contribution in [0.4, 0.5) is 0 Å². The normalized spacial score (nSPS) is 13.8. The van der Waals surface area contributed by atoms with E-state index in [9.17, 15) is 14.3 Å². The van der Waals surface area contributed by atoms with Gasteiger partial charge < -0.3 is 27.9 Å². The number of likely N-dealkylation sites (N-methyl/N-ethyl adjacent to an activating group) is 1. The van der Waals surface area contributed by atoms with Gasteiger partial charge in [0.05, 0.1) is 34.4 Å². The van der Waals surface area contributed by atoms with E-state index in [-0.39, 0.29) is 25.8 Å². The van der Waals surface area contributed by atoms with E-state index in [1.807, 2.05) is 21.1 Å². The molecule has 0 spiro atoms. The molecular formula is C53H102NO7P. The molecule has 0 saturated carbocycles. The van der Waals surface area contributed by atoms with Crippen molar-refractivity contribution < 1.29 is 37.3 Å². The second kappa shape index (κ2) is 46.3. The zero-order valence-corrected chi connectivity index (χ0v) is 42.5. The third kappa shape index (κ3) is 49.7. The van der Waals surface area contributed by atoms with E-state index in [4.69, 9.17) is 18.5 Å². The summed E-state index contributed by atoms with van der Waals surface area (Å²) in [6, 6.07) is 0. The highest BCUT2D eigenvalue weighted by molar-refractivity contribution is 7.45. The molecule has 62 heavy (non-hydrogen) atoms. The van der Waals surface area contributed by atoms with Crippen LogP contribution in [0.2, 0.25) is 0 Å². The first-order valence-electron chi connectivity index (χ1n) is 26.2. The highest BCUT2D eigenvalue weighted by Crippen LogP contribution is 2.38. The number of quaternary nitrogens is 1. The molecule has 9 heteroatoms. The number of hydrogen-bond acceptors (Lipinski definition) is 7. The van der Waals surface area contributed by atoms with E-state index >= 15 is 0 Å². The molecule has 0 rings (SSSR count). The molecule has 0 saturated heterocycles. The molecule has 0 fully saturated rings. The molecule has 366 valence electrons. The lowest BCUT2D eigenvalue weighted by Gasteiger charge is -2.28. The van der Waals surface area contributed by atoms with Crippen molar-refractivity contribution in [3.63, 3.8) is 0 Å². The highest BCUT2D eigenvalue weighted by Gasteiger charge is 2.20. The number of nitrogens with zero attached hydrogens (tertiary/aromatic N) is 1. The zero-order valence-electron chi connectivity index (χ0n) is 41.6. The van der Waals surface area contributed by atoms with Crippen LogP contribution in [-0.4, -0.2) is 70.7 Å². The van der Waals surface area contributed by atoms with E-state index in [1.54, 1.807) is 0 Å². The summed E-state index contributed by atoms with van der Waals surface area (Å²) >= 11 is 0. The maximum absolute atomic E-state index is 12.7. The predicted octanol–water partition coefficient (Wildman–Crippen LogP) is 15.5. The lowest BCUT2D eigenvalue weighted by atomic mass is 10.0. The quantitative estimate of drug-likeness (QED) is 0.0197. The van der Waals surface area contributed by atoms with Gasteiger partial charge in [-0.05, 0) is 44.9 Å². The van der Waals surface area contributed by atoms with Crippen LogP contribution in [0.1, 0.15) is 239 Å². The number of phosphoric ester groups is 1. The van der Waals surface area contributed by atoms with Gasteiger partial charge in [0.25, 0.3) is 7.82 Å². The Morgan fingerprint density at radius 3 is 1.40 bits per heavy atom. The number of ether oxygens (including phenoxy) is 2. The molecule has 8 nitrogen and oxygen atoms in total. The summed E-state index contributed by atoms with van der Waals surface area (Å²) in [5.41, 5.74) is 0. The average Bonchev–Trinajstić information content (AvgIpc) is 3.23. The van der Waals surface area contributed by atoms with Gasteiger partial charge in [0.1, 0.15) is 19.3 Å². The summed E-state index contributed by atoms with van der Waals surface area (Å²) in [4.78, 5) is 25.1. The number of esters is 1. The molecule has 0 aromatic rings. The molecule has 0 N–H and O–H groups in total. The van der Waals surface area contributed by atoms with E-state index in [0.717, 1.165) is 70.6 Å². The van der Waals surface area contributed by atoms with Crippen LogP contribution in [-0.2, 0) is 27.9 Å². The molecule has 0 aliphatic heterocycles. The summed E-state index contributed by atoms with van der Waals surface area (Å²) in [6.45, 7) is 5.32. The number of allylic oxidation sites excluding steroid dienone is 6. The van der Waals surface area contributed by atoms with Crippen molar-refractivity contribution in [1.82, 2.24) is 0 Å². The van der Waals surface area contributed by atoms with Gasteiger partial charge in [0.2, 0.25) is 0 Å². The van der Waals surface area contributed by atoms with Gasteiger partial charge >= 0.3 is 5.97 Å². The smallest absolute Gasteiger partial charge is 0.306 e. The van der Waals surface area contributed by atoms with Crippen molar-refractivity contribution in [2.24, 2.45) is 0 Å². The maximum Gasteiger partial charge on any atom is 0.306 e. The monoisotopic (exact) mass is 896 g/mol. The second-order valence-electron chi connectivity index (χ2n) is 18.9. The molecule has 2 unspecified atom stereocenters. The van der Waals surface area contributed by atoms with Gasteiger partial charge in [0, 0.05) is 13.0 Å². The lowest BCUT2D eigenvalue weighted by Crippen LogP contribution is -2.37. The van der Waals surface area contributed by atoms with Gasteiger partial charge in [-0.2, -0.15) is 0 Å². The number of unbranched alkanes of at least 4 members (excludes halogenated alkanes) is 29. The van der Waals surface area contributed by atoms with Crippen molar-refractivity contribution in [2.75, 3.05) is 54.1 Å². The van der Waals surface area contributed by atoms with Crippen LogP contribution in [0.5, 0.6) is 0 Å². The molecule has 0 aromatic heterocycles. The lowest BCUT2D eigenvalue weighted by molar-refractivity contribution is -0.870. The van der Waals surface area contributed by atoms with Crippen LogP contribution >= 0.6 is 7.82 Å². The summed E-state index contributed by atoms with van der Waals surface area (Å²) in [6.07, 6.45) is 56.1. The minimum absolute atomic E-state index is 0.0235. The zero-order chi connectivity index (χ0) is 45.5. The topological polar surface area (TPSA) is 94.1 Å². The van der Waals surface area contributed by atoms with Crippen LogP contribution in [0, 0.1) is 0 Å². The van der Waals surface area contributed by atoms with Crippen molar-refractivity contribution in [3.8, 4) is 0 Å². The van der Waals surface area contributed by atoms with Crippen molar-refractivity contribution in [3.05, 3.63) is 36.5 Å². The van der Waals surface area contributed by atoms with Crippen molar-refractivity contribution in [1.29, 1.82) is 0 Å². The summed E-state index contributed by atoms with van der Waals surface area (Å²) in [5.74, 6) is -0.347. The van der Waals surface area contributed by atoms with Gasteiger partial charge in [-0.15, -0.1) is 0 Å². The van der Waals surface area contributed by atoms with Crippen molar-refractivity contribution >= 4 is 13.8 Å². The van der Waals surface area contributed by atoms with Gasteiger partial charge in [0.15, 0.2) is 0 Å². The van der Waals surface area contributed by atoms with Gasteiger partial charge in [-0.25, -0.2) is 0 Å². The Hall–Kier alpha value is -1.28. The minimum atomic E-state index is -4.53. The second-order valence-corrected chi connectivity index (χ2v) is 20.3. The van der Waals surface area contributed by atoms with Crippen molar-refractivity contribution in [2.45, 2.75) is 245 Å². The van der Waals surface area contributed by atoms with Crippen LogP contribution in [0.15, 0.2) is 36.5 Å². The Kier molecular flexibility index (Phi) is 45.3.